The first-order valence-corrected chi connectivity index (χ1v) is 5.16. The quantitative estimate of drug-likeness (QED) is 0.326. The summed E-state index contributed by atoms with van der Waals surface area (Å²) in [6, 6.07) is 0. The van der Waals surface area contributed by atoms with E-state index in [1.54, 1.807) is 6.92 Å². The lowest BCUT2D eigenvalue weighted by molar-refractivity contribution is -0.135. The number of carbonyl (C=O) groups excluding carboxylic acids is 1. The van der Waals surface area contributed by atoms with Gasteiger partial charge in [0.05, 0.1) is 6.61 Å². The molecule has 0 radical (unpaired) electrons. The highest BCUT2D eigenvalue weighted by molar-refractivity contribution is 6.36. The lowest BCUT2D eigenvalue weighted by Gasteiger charge is -2.08. The number of esters is 1. The van der Waals surface area contributed by atoms with Crippen LogP contribution in [0.15, 0.2) is 5.16 Å². The molecule has 1 fully saturated rings. The molecule has 0 saturated heterocycles. The molecule has 0 aromatic rings. The molecule has 0 amide bonds. The predicted molar refractivity (Wildman–Crippen MR) is 52.4 cm³/mol. The normalized spacial score (nSPS) is 18.5. The topological polar surface area (TPSA) is 58.9 Å². The van der Waals surface area contributed by atoms with E-state index in [0.29, 0.717) is 18.9 Å². The average molecular weight is 199 g/mol. The highest BCUT2D eigenvalue weighted by atomic mass is 16.5. The number of hydrogen-bond donors (Lipinski definition) is 1. The molecule has 0 heterocycles. The van der Waals surface area contributed by atoms with Crippen molar-refractivity contribution in [1.29, 1.82) is 0 Å². The maximum atomic E-state index is 11.2. The first kappa shape index (κ1) is 11.0. The van der Waals surface area contributed by atoms with Gasteiger partial charge < -0.3 is 9.94 Å². The van der Waals surface area contributed by atoms with E-state index in [9.17, 15) is 4.79 Å². The molecule has 0 spiro atoms. The van der Waals surface area contributed by atoms with Crippen LogP contribution >= 0.6 is 0 Å². The van der Waals surface area contributed by atoms with E-state index in [-0.39, 0.29) is 5.71 Å². The fraction of sp³-hybridized carbons (Fsp3) is 0.800. The fourth-order valence-electron chi connectivity index (χ4n) is 1.87. The minimum Gasteiger partial charge on any atom is -0.461 e. The molecule has 1 rings (SSSR count). The van der Waals surface area contributed by atoms with E-state index in [1.165, 1.54) is 12.8 Å². The largest absolute Gasteiger partial charge is 0.461 e. The Morgan fingerprint density at radius 3 is 2.64 bits per heavy atom. The van der Waals surface area contributed by atoms with Crippen molar-refractivity contribution in [2.75, 3.05) is 6.61 Å². The monoisotopic (exact) mass is 199 g/mol. The van der Waals surface area contributed by atoms with Crippen molar-refractivity contribution in [2.24, 2.45) is 11.1 Å². The SMILES string of the molecule is CCOC(=O)/C(CC1CCCC1)=N\O. The Bertz CT molecular complexity index is 219. The Kier molecular flexibility index (Phi) is 4.43. The van der Waals surface area contributed by atoms with E-state index >= 15 is 0 Å². The molecule has 1 N–H and O–H groups in total. The van der Waals surface area contributed by atoms with Gasteiger partial charge in [0.25, 0.3) is 0 Å². The van der Waals surface area contributed by atoms with Crippen molar-refractivity contribution in [3.8, 4) is 0 Å². The van der Waals surface area contributed by atoms with Crippen LogP contribution in [0.1, 0.15) is 39.0 Å². The van der Waals surface area contributed by atoms with E-state index in [4.69, 9.17) is 9.94 Å². The lowest BCUT2D eigenvalue weighted by Crippen LogP contribution is -2.20. The third-order valence-corrected chi connectivity index (χ3v) is 2.59. The third kappa shape index (κ3) is 3.01. The van der Waals surface area contributed by atoms with Crippen LogP contribution in [0.25, 0.3) is 0 Å². The molecule has 0 aliphatic heterocycles. The third-order valence-electron chi connectivity index (χ3n) is 2.59. The van der Waals surface area contributed by atoms with Crippen LogP contribution in [-0.2, 0) is 9.53 Å². The summed E-state index contributed by atoms with van der Waals surface area (Å²) in [5, 5.41) is 11.7. The second-order valence-corrected chi connectivity index (χ2v) is 3.62. The van der Waals surface area contributed by atoms with Gasteiger partial charge in [-0.25, -0.2) is 4.79 Å². The van der Waals surface area contributed by atoms with Crippen molar-refractivity contribution in [3.05, 3.63) is 0 Å². The second-order valence-electron chi connectivity index (χ2n) is 3.62. The summed E-state index contributed by atoms with van der Waals surface area (Å²) >= 11 is 0. The van der Waals surface area contributed by atoms with Gasteiger partial charge in [-0.15, -0.1) is 0 Å². The van der Waals surface area contributed by atoms with Gasteiger partial charge in [-0.2, -0.15) is 0 Å². The molecular formula is C10H17NO3. The molecule has 0 bridgehead atoms. The summed E-state index contributed by atoms with van der Waals surface area (Å²) in [7, 11) is 0. The van der Waals surface area contributed by atoms with E-state index in [1.807, 2.05) is 0 Å². The molecule has 1 saturated carbocycles. The Balaban J connectivity index is 2.42. The van der Waals surface area contributed by atoms with Gasteiger partial charge in [-0.3, -0.25) is 0 Å². The highest BCUT2D eigenvalue weighted by Gasteiger charge is 2.22. The Morgan fingerprint density at radius 1 is 1.50 bits per heavy atom. The maximum Gasteiger partial charge on any atom is 0.356 e. The van der Waals surface area contributed by atoms with Crippen molar-refractivity contribution in [1.82, 2.24) is 0 Å². The van der Waals surface area contributed by atoms with Gasteiger partial charge in [0.15, 0.2) is 5.71 Å². The molecule has 1 aliphatic rings. The van der Waals surface area contributed by atoms with Gasteiger partial charge in [-0.1, -0.05) is 30.8 Å². The van der Waals surface area contributed by atoms with Crippen LogP contribution in [0.3, 0.4) is 0 Å². The molecular weight excluding hydrogens is 182 g/mol. The minimum absolute atomic E-state index is 0.166. The first-order valence-electron chi connectivity index (χ1n) is 5.16. The van der Waals surface area contributed by atoms with Crippen molar-refractivity contribution >= 4 is 11.7 Å². The molecule has 1 aliphatic carbocycles. The van der Waals surface area contributed by atoms with E-state index < -0.39 is 5.97 Å². The van der Waals surface area contributed by atoms with Gasteiger partial charge in [0.1, 0.15) is 0 Å². The smallest absolute Gasteiger partial charge is 0.356 e. The number of hydrogen-bond acceptors (Lipinski definition) is 4. The lowest BCUT2D eigenvalue weighted by atomic mass is 10.0. The molecule has 4 heteroatoms. The number of carbonyl (C=O) groups is 1. The van der Waals surface area contributed by atoms with Crippen LogP contribution in [0.4, 0.5) is 0 Å². The van der Waals surface area contributed by atoms with Crippen molar-refractivity contribution in [2.45, 2.75) is 39.0 Å². The highest BCUT2D eigenvalue weighted by Crippen LogP contribution is 2.27. The second kappa shape index (κ2) is 5.62. The molecule has 4 nitrogen and oxygen atoms in total. The minimum atomic E-state index is -0.484. The first-order chi connectivity index (χ1) is 6.77. The molecule has 0 aromatic carbocycles. The summed E-state index contributed by atoms with van der Waals surface area (Å²) in [4.78, 5) is 11.2. The fourth-order valence-corrected chi connectivity index (χ4v) is 1.87. The molecule has 80 valence electrons. The summed E-state index contributed by atoms with van der Waals surface area (Å²) in [6.45, 7) is 2.06. The Labute approximate surface area is 83.9 Å². The van der Waals surface area contributed by atoms with E-state index in [0.717, 1.165) is 12.8 Å². The zero-order valence-corrected chi connectivity index (χ0v) is 8.53. The molecule has 0 aromatic heterocycles. The van der Waals surface area contributed by atoms with Crippen LogP contribution in [0.5, 0.6) is 0 Å². The van der Waals surface area contributed by atoms with Crippen LogP contribution in [0, 0.1) is 5.92 Å². The zero-order valence-electron chi connectivity index (χ0n) is 8.53. The average Bonchev–Trinajstić information content (AvgIpc) is 2.66. The summed E-state index contributed by atoms with van der Waals surface area (Å²) < 4.78 is 4.78. The van der Waals surface area contributed by atoms with Crippen LogP contribution in [0.2, 0.25) is 0 Å². The number of ether oxygens (including phenoxy) is 1. The van der Waals surface area contributed by atoms with Crippen LogP contribution in [-0.4, -0.2) is 23.5 Å². The van der Waals surface area contributed by atoms with Crippen molar-refractivity contribution < 1.29 is 14.7 Å². The number of oxime groups is 1. The van der Waals surface area contributed by atoms with E-state index in [2.05, 4.69) is 5.16 Å². The molecule has 0 unspecified atom stereocenters. The summed E-state index contributed by atoms with van der Waals surface area (Å²) in [5.41, 5.74) is 0.166. The number of nitrogens with zero attached hydrogens (tertiary/aromatic N) is 1. The molecule has 0 atom stereocenters. The standard InChI is InChI=1S/C10H17NO3/c1-2-14-10(12)9(11-13)7-8-5-3-4-6-8/h8,13H,2-7H2,1H3/b11-9-. The van der Waals surface area contributed by atoms with Crippen molar-refractivity contribution in [3.63, 3.8) is 0 Å². The maximum absolute atomic E-state index is 11.2. The van der Waals surface area contributed by atoms with Gasteiger partial charge in [-0.05, 0) is 12.8 Å². The zero-order chi connectivity index (χ0) is 10.4. The van der Waals surface area contributed by atoms with Crippen LogP contribution < -0.4 is 0 Å². The van der Waals surface area contributed by atoms with Gasteiger partial charge in [0, 0.05) is 6.42 Å². The number of rotatable bonds is 4. The predicted octanol–water partition coefficient (Wildman–Crippen LogP) is 1.96. The Morgan fingerprint density at radius 2 is 2.14 bits per heavy atom. The summed E-state index contributed by atoms with van der Waals surface area (Å²) in [5.74, 6) is 0.00667. The van der Waals surface area contributed by atoms with Gasteiger partial charge in [0.2, 0.25) is 0 Å². The van der Waals surface area contributed by atoms with Gasteiger partial charge >= 0.3 is 5.97 Å². The Hall–Kier alpha value is -1.06. The molecule has 14 heavy (non-hydrogen) atoms. The summed E-state index contributed by atoms with van der Waals surface area (Å²) in [6.07, 6.45) is 5.23.